The lowest BCUT2D eigenvalue weighted by Crippen LogP contribution is -1.82. The van der Waals surface area contributed by atoms with Crippen LogP contribution in [0.3, 0.4) is 0 Å². The number of hydrogen-bond donors (Lipinski definition) is 0. The molecule has 0 saturated carbocycles. The van der Waals surface area contributed by atoms with Gasteiger partial charge in [0.1, 0.15) is 0 Å². The molecule has 0 fully saturated rings. The quantitative estimate of drug-likeness (QED) is 0.405. The van der Waals surface area contributed by atoms with Crippen LogP contribution in [0, 0.1) is 0 Å². The third-order valence-corrected chi connectivity index (χ3v) is 1.49. The van der Waals surface area contributed by atoms with Gasteiger partial charge in [-0.1, -0.05) is 26.7 Å². The third-order valence-electron chi connectivity index (χ3n) is 1.49. The van der Waals surface area contributed by atoms with E-state index in [1.165, 1.54) is 19.3 Å². The molecule has 0 saturated heterocycles. The minimum absolute atomic E-state index is 0.851. The Kier molecular flexibility index (Phi) is 9.14. The maximum Gasteiger partial charge on any atom is 0.0870 e. The molecule has 0 unspecified atom stereocenters. The van der Waals surface area contributed by atoms with Crippen LogP contribution in [0.15, 0.2) is 12.3 Å². The highest BCUT2D eigenvalue weighted by molar-refractivity contribution is 4.72. The monoisotopic (exact) mass is 156 g/mol. The molecular weight excluding hydrogens is 136 g/mol. The van der Waals surface area contributed by atoms with E-state index >= 15 is 0 Å². The van der Waals surface area contributed by atoms with Gasteiger partial charge in [-0.3, -0.25) is 0 Å². The summed E-state index contributed by atoms with van der Waals surface area (Å²) in [7, 11) is 0. The van der Waals surface area contributed by atoms with Gasteiger partial charge in [-0.25, -0.2) is 0 Å². The molecule has 0 aromatic heterocycles. The second-order valence-corrected chi connectivity index (χ2v) is 2.74. The highest BCUT2D eigenvalue weighted by Crippen LogP contribution is 1.99. The van der Waals surface area contributed by atoms with Gasteiger partial charge in [0.25, 0.3) is 0 Å². The molecule has 0 spiro atoms. The molecule has 0 atom stereocenters. The number of ether oxygens (including phenoxy) is 1. The Hall–Kier alpha value is -0.460. The van der Waals surface area contributed by atoms with Crippen LogP contribution in [0.25, 0.3) is 0 Å². The van der Waals surface area contributed by atoms with Crippen LogP contribution in [0.2, 0.25) is 0 Å². The minimum Gasteiger partial charge on any atom is -0.502 e. The normalized spacial score (nSPS) is 10.7. The summed E-state index contributed by atoms with van der Waals surface area (Å²) in [5.74, 6) is 0. The van der Waals surface area contributed by atoms with Gasteiger partial charge in [0, 0.05) is 0 Å². The van der Waals surface area contributed by atoms with Crippen molar-refractivity contribution in [2.24, 2.45) is 0 Å². The summed E-state index contributed by atoms with van der Waals surface area (Å²) in [6.07, 6.45) is 10.1. The van der Waals surface area contributed by atoms with Crippen molar-refractivity contribution in [1.29, 1.82) is 0 Å². The van der Waals surface area contributed by atoms with E-state index in [1.807, 2.05) is 6.26 Å². The van der Waals surface area contributed by atoms with Gasteiger partial charge in [-0.05, 0) is 25.3 Å². The topological polar surface area (TPSA) is 9.23 Å². The van der Waals surface area contributed by atoms with Gasteiger partial charge in [0.2, 0.25) is 0 Å². The van der Waals surface area contributed by atoms with E-state index in [4.69, 9.17) is 4.74 Å². The standard InChI is InChI=1S/C10H20O/c1-3-5-6-7-8-10-11-9-4-2/h8,10H,3-7,9H2,1-2H3. The summed E-state index contributed by atoms with van der Waals surface area (Å²) in [5, 5.41) is 0. The second kappa shape index (κ2) is 9.54. The Morgan fingerprint density at radius 1 is 1.09 bits per heavy atom. The molecule has 0 bridgehead atoms. The van der Waals surface area contributed by atoms with Gasteiger partial charge >= 0.3 is 0 Å². The molecule has 0 N–H and O–H groups in total. The molecule has 1 nitrogen and oxygen atoms in total. The first-order valence-corrected chi connectivity index (χ1v) is 4.68. The zero-order chi connectivity index (χ0) is 8.36. The molecule has 66 valence electrons. The summed E-state index contributed by atoms with van der Waals surface area (Å²) in [6, 6.07) is 0. The van der Waals surface area contributed by atoms with Gasteiger partial charge in [0.15, 0.2) is 0 Å². The molecule has 0 rings (SSSR count). The van der Waals surface area contributed by atoms with Crippen LogP contribution in [0.5, 0.6) is 0 Å². The molecule has 11 heavy (non-hydrogen) atoms. The molecule has 0 heterocycles. The van der Waals surface area contributed by atoms with E-state index in [0.29, 0.717) is 0 Å². The Morgan fingerprint density at radius 2 is 1.91 bits per heavy atom. The molecule has 0 amide bonds. The van der Waals surface area contributed by atoms with E-state index in [0.717, 1.165) is 19.4 Å². The largest absolute Gasteiger partial charge is 0.502 e. The van der Waals surface area contributed by atoms with E-state index in [1.54, 1.807) is 0 Å². The lowest BCUT2D eigenvalue weighted by Gasteiger charge is -1.95. The van der Waals surface area contributed by atoms with Crippen LogP contribution >= 0.6 is 0 Å². The minimum atomic E-state index is 0.851. The first kappa shape index (κ1) is 10.5. The molecule has 0 aliphatic rings. The van der Waals surface area contributed by atoms with Crippen LogP contribution in [-0.4, -0.2) is 6.61 Å². The fraction of sp³-hybridized carbons (Fsp3) is 0.800. The zero-order valence-electron chi connectivity index (χ0n) is 7.81. The first-order chi connectivity index (χ1) is 5.41. The van der Waals surface area contributed by atoms with E-state index in [2.05, 4.69) is 19.9 Å². The fourth-order valence-corrected chi connectivity index (χ4v) is 0.834. The Balaban J connectivity index is 2.91. The summed E-state index contributed by atoms with van der Waals surface area (Å²) in [5.41, 5.74) is 0. The van der Waals surface area contributed by atoms with Crippen molar-refractivity contribution in [3.63, 3.8) is 0 Å². The molecular formula is C10H20O. The van der Waals surface area contributed by atoms with Gasteiger partial charge < -0.3 is 4.74 Å². The van der Waals surface area contributed by atoms with Gasteiger partial charge in [0.05, 0.1) is 12.9 Å². The first-order valence-electron chi connectivity index (χ1n) is 4.68. The highest BCUT2D eigenvalue weighted by Gasteiger charge is 1.81. The summed E-state index contributed by atoms with van der Waals surface area (Å²) < 4.78 is 5.18. The third kappa shape index (κ3) is 9.54. The van der Waals surface area contributed by atoms with Gasteiger partial charge in [-0.15, -0.1) is 0 Å². The van der Waals surface area contributed by atoms with Crippen LogP contribution in [0.1, 0.15) is 46.0 Å². The van der Waals surface area contributed by atoms with Crippen molar-refractivity contribution in [2.45, 2.75) is 46.0 Å². The van der Waals surface area contributed by atoms with E-state index in [-0.39, 0.29) is 0 Å². The number of rotatable bonds is 7. The molecule has 0 radical (unpaired) electrons. The average Bonchev–Trinajstić information content (AvgIpc) is 2.03. The number of unbranched alkanes of at least 4 members (excludes halogenated alkanes) is 3. The Labute approximate surface area is 70.4 Å². The van der Waals surface area contributed by atoms with Crippen molar-refractivity contribution in [1.82, 2.24) is 0 Å². The van der Waals surface area contributed by atoms with Crippen molar-refractivity contribution in [3.05, 3.63) is 12.3 Å². The van der Waals surface area contributed by atoms with Crippen LogP contribution < -0.4 is 0 Å². The van der Waals surface area contributed by atoms with E-state index < -0.39 is 0 Å². The van der Waals surface area contributed by atoms with Crippen molar-refractivity contribution in [2.75, 3.05) is 6.61 Å². The van der Waals surface area contributed by atoms with Crippen molar-refractivity contribution in [3.8, 4) is 0 Å². The maximum absolute atomic E-state index is 5.18. The lowest BCUT2D eigenvalue weighted by molar-refractivity contribution is 0.249. The maximum atomic E-state index is 5.18. The average molecular weight is 156 g/mol. The second-order valence-electron chi connectivity index (χ2n) is 2.74. The number of allylic oxidation sites excluding steroid dienone is 1. The fourth-order valence-electron chi connectivity index (χ4n) is 0.834. The predicted octanol–water partition coefficient (Wildman–Crippen LogP) is 3.51. The lowest BCUT2D eigenvalue weighted by atomic mass is 10.2. The Bertz CT molecular complexity index is 86.9. The summed E-state index contributed by atoms with van der Waals surface area (Å²) >= 11 is 0. The zero-order valence-corrected chi connectivity index (χ0v) is 7.81. The smallest absolute Gasteiger partial charge is 0.0870 e. The van der Waals surface area contributed by atoms with E-state index in [9.17, 15) is 0 Å². The Morgan fingerprint density at radius 3 is 2.55 bits per heavy atom. The number of hydrogen-bond acceptors (Lipinski definition) is 1. The highest BCUT2D eigenvalue weighted by atomic mass is 16.5. The molecule has 0 aliphatic carbocycles. The van der Waals surface area contributed by atoms with Crippen molar-refractivity contribution >= 4 is 0 Å². The van der Waals surface area contributed by atoms with Gasteiger partial charge in [-0.2, -0.15) is 0 Å². The van der Waals surface area contributed by atoms with Crippen molar-refractivity contribution < 1.29 is 4.74 Å². The SMILES string of the molecule is CCCCCC=COCCC. The molecule has 0 aromatic carbocycles. The van der Waals surface area contributed by atoms with Crippen LogP contribution in [-0.2, 0) is 4.74 Å². The summed E-state index contributed by atoms with van der Waals surface area (Å²) in [4.78, 5) is 0. The molecule has 1 heteroatoms. The van der Waals surface area contributed by atoms with Crippen LogP contribution in [0.4, 0.5) is 0 Å². The molecule has 0 aliphatic heterocycles. The predicted molar refractivity (Wildman–Crippen MR) is 49.5 cm³/mol. The molecule has 0 aromatic rings. The summed E-state index contributed by atoms with van der Waals surface area (Å²) in [6.45, 7) is 5.19.